The first-order valence-electron chi connectivity index (χ1n) is 8.61. The first-order valence-corrected chi connectivity index (χ1v) is 8.61. The number of carbonyl (C=O) groups excluding carboxylic acids is 3. The molecule has 2 N–H and O–H groups in total. The number of methoxy groups -OCH3 is 1. The minimum atomic E-state index is -1.03. The van der Waals surface area contributed by atoms with E-state index in [4.69, 9.17) is 9.47 Å². The van der Waals surface area contributed by atoms with Crippen molar-refractivity contribution in [1.82, 2.24) is 10.6 Å². The van der Waals surface area contributed by atoms with Gasteiger partial charge in [0.1, 0.15) is 17.7 Å². The largest absolute Gasteiger partial charge is 0.467 e. The van der Waals surface area contributed by atoms with Gasteiger partial charge in [-0.15, -0.1) is 0 Å². The van der Waals surface area contributed by atoms with E-state index in [1.165, 1.54) is 14.0 Å². The summed E-state index contributed by atoms with van der Waals surface area (Å²) in [6.07, 6.45) is -0.753. The van der Waals surface area contributed by atoms with Crippen LogP contribution in [0, 0.1) is 0 Å². The van der Waals surface area contributed by atoms with Crippen LogP contribution in [0.2, 0.25) is 0 Å². The van der Waals surface area contributed by atoms with Gasteiger partial charge < -0.3 is 24.8 Å². The van der Waals surface area contributed by atoms with E-state index in [-0.39, 0.29) is 13.2 Å². The molecule has 8 nitrogen and oxygen atoms in total. The number of alkyl carbamates (subject to hydrolysis) is 1. The van der Waals surface area contributed by atoms with Crippen molar-refractivity contribution in [3.8, 4) is 0 Å². The minimum absolute atomic E-state index is 0.0894. The molecule has 0 heterocycles. The number of rotatable bonds is 8. The van der Waals surface area contributed by atoms with Crippen LogP contribution in [-0.4, -0.2) is 49.4 Å². The van der Waals surface area contributed by atoms with Crippen LogP contribution in [0.25, 0.3) is 0 Å². The van der Waals surface area contributed by atoms with Gasteiger partial charge in [0.05, 0.1) is 20.3 Å². The summed E-state index contributed by atoms with van der Waals surface area (Å²) in [4.78, 5) is 36.0. The lowest BCUT2D eigenvalue weighted by Gasteiger charge is -2.24. The zero-order chi connectivity index (χ0) is 20.4. The number of carbonyl (C=O) groups is 3. The summed E-state index contributed by atoms with van der Waals surface area (Å²) in [6.45, 7) is 6.81. The van der Waals surface area contributed by atoms with E-state index in [0.717, 1.165) is 5.56 Å². The van der Waals surface area contributed by atoms with Crippen LogP contribution in [0.3, 0.4) is 0 Å². The van der Waals surface area contributed by atoms with Gasteiger partial charge >= 0.3 is 12.1 Å². The lowest BCUT2D eigenvalue weighted by molar-refractivity contribution is -0.144. The van der Waals surface area contributed by atoms with Gasteiger partial charge in [0.15, 0.2) is 0 Å². The Labute approximate surface area is 159 Å². The monoisotopic (exact) mass is 380 g/mol. The van der Waals surface area contributed by atoms with Gasteiger partial charge in [-0.05, 0) is 33.3 Å². The maximum Gasteiger partial charge on any atom is 0.408 e. The van der Waals surface area contributed by atoms with Gasteiger partial charge in [0, 0.05) is 0 Å². The predicted octanol–water partition coefficient (Wildman–Crippen LogP) is 1.77. The zero-order valence-corrected chi connectivity index (χ0v) is 16.4. The highest BCUT2D eigenvalue weighted by atomic mass is 16.6. The van der Waals surface area contributed by atoms with Crippen LogP contribution in [0.4, 0.5) is 4.79 Å². The Morgan fingerprint density at radius 1 is 1.07 bits per heavy atom. The molecule has 0 radical (unpaired) electrons. The topological polar surface area (TPSA) is 103 Å². The maximum atomic E-state index is 12.4. The lowest BCUT2D eigenvalue weighted by atomic mass is 10.2. The van der Waals surface area contributed by atoms with Crippen molar-refractivity contribution in [1.29, 1.82) is 0 Å². The fourth-order valence-electron chi connectivity index (χ4n) is 2.05. The van der Waals surface area contributed by atoms with Crippen LogP contribution in [0.15, 0.2) is 30.3 Å². The molecule has 2 atom stereocenters. The second-order valence-electron chi connectivity index (χ2n) is 6.95. The summed E-state index contributed by atoms with van der Waals surface area (Å²) in [5.41, 5.74) is 0.215. The molecule has 8 heteroatoms. The van der Waals surface area contributed by atoms with Gasteiger partial charge in [0.25, 0.3) is 0 Å². The molecule has 0 aliphatic carbocycles. The van der Waals surface area contributed by atoms with E-state index in [1.807, 2.05) is 30.3 Å². The maximum absolute atomic E-state index is 12.4. The quantitative estimate of drug-likeness (QED) is 0.667. The summed E-state index contributed by atoms with van der Waals surface area (Å²) >= 11 is 0. The average Bonchev–Trinajstić information content (AvgIpc) is 2.59. The molecule has 1 aromatic rings. The van der Waals surface area contributed by atoms with E-state index in [1.54, 1.807) is 20.8 Å². The third-order valence-corrected chi connectivity index (χ3v) is 3.32. The van der Waals surface area contributed by atoms with Crippen LogP contribution in [0.1, 0.15) is 33.3 Å². The van der Waals surface area contributed by atoms with Crippen molar-refractivity contribution in [3.05, 3.63) is 35.9 Å². The lowest BCUT2D eigenvalue weighted by Crippen LogP contribution is -2.53. The van der Waals surface area contributed by atoms with E-state index in [9.17, 15) is 14.4 Å². The highest BCUT2D eigenvalue weighted by Crippen LogP contribution is 2.07. The number of ether oxygens (including phenoxy) is 3. The van der Waals surface area contributed by atoms with E-state index < -0.39 is 35.7 Å². The molecule has 0 aliphatic rings. The normalized spacial score (nSPS) is 13.2. The molecule has 2 amide bonds. The van der Waals surface area contributed by atoms with Crippen molar-refractivity contribution in [2.75, 3.05) is 13.7 Å². The Bertz CT molecular complexity index is 627. The molecule has 0 spiro atoms. The third kappa shape index (κ3) is 9.05. The fraction of sp³-hybridized carbons (Fsp3) is 0.526. The van der Waals surface area contributed by atoms with Crippen molar-refractivity contribution < 1.29 is 28.6 Å². The fourth-order valence-corrected chi connectivity index (χ4v) is 2.05. The number of hydrogen-bond acceptors (Lipinski definition) is 6. The highest BCUT2D eigenvalue weighted by Gasteiger charge is 2.27. The van der Waals surface area contributed by atoms with Crippen molar-refractivity contribution in [2.45, 2.75) is 52.0 Å². The Kier molecular flexibility index (Phi) is 8.74. The molecule has 0 aliphatic heterocycles. The van der Waals surface area contributed by atoms with Gasteiger partial charge in [-0.3, -0.25) is 4.79 Å². The second kappa shape index (κ2) is 10.5. The van der Waals surface area contributed by atoms with Crippen molar-refractivity contribution >= 4 is 18.0 Å². The standard InChI is InChI=1S/C19H28N2O6/c1-13(17(23)25-5)20-16(22)15(21-18(24)27-19(2,3)4)12-26-11-14-9-7-6-8-10-14/h6-10,13,15H,11-12H2,1-5H3,(H,20,22)(H,21,24)/t13-,15-/m0/s1. The summed E-state index contributed by atoms with van der Waals surface area (Å²) in [5.74, 6) is -1.17. The Balaban J connectivity index is 2.70. The predicted molar refractivity (Wildman–Crippen MR) is 98.9 cm³/mol. The zero-order valence-electron chi connectivity index (χ0n) is 16.4. The Morgan fingerprint density at radius 2 is 1.70 bits per heavy atom. The summed E-state index contributed by atoms with van der Waals surface area (Å²) < 4.78 is 15.3. The minimum Gasteiger partial charge on any atom is -0.467 e. The SMILES string of the molecule is COC(=O)[C@H](C)NC(=O)[C@H](COCc1ccccc1)NC(=O)OC(C)(C)C. The molecule has 0 aromatic heterocycles. The number of esters is 1. The van der Waals surface area contributed by atoms with Crippen molar-refractivity contribution in [3.63, 3.8) is 0 Å². The van der Waals surface area contributed by atoms with Gasteiger partial charge in [-0.1, -0.05) is 30.3 Å². The van der Waals surface area contributed by atoms with Crippen LogP contribution in [0.5, 0.6) is 0 Å². The molecule has 0 fully saturated rings. The second-order valence-corrected chi connectivity index (χ2v) is 6.95. The molecule has 0 unspecified atom stereocenters. The molecular formula is C19H28N2O6. The number of hydrogen-bond donors (Lipinski definition) is 2. The highest BCUT2D eigenvalue weighted by molar-refractivity contribution is 5.89. The Morgan fingerprint density at radius 3 is 2.26 bits per heavy atom. The van der Waals surface area contributed by atoms with Gasteiger partial charge in [-0.2, -0.15) is 0 Å². The first kappa shape index (κ1) is 22.4. The summed E-state index contributed by atoms with van der Waals surface area (Å²) in [5, 5.41) is 4.96. The van der Waals surface area contributed by atoms with E-state index >= 15 is 0 Å². The van der Waals surface area contributed by atoms with E-state index in [2.05, 4.69) is 15.4 Å². The van der Waals surface area contributed by atoms with Gasteiger partial charge in [0.2, 0.25) is 5.91 Å². The van der Waals surface area contributed by atoms with E-state index in [0.29, 0.717) is 0 Å². The molecule has 0 saturated carbocycles. The van der Waals surface area contributed by atoms with Crippen LogP contribution in [-0.2, 0) is 30.4 Å². The molecule has 150 valence electrons. The van der Waals surface area contributed by atoms with Crippen LogP contribution < -0.4 is 10.6 Å². The molecular weight excluding hydrogens is 352 g/mol. The molecule has 27 heavy (non-hydrogen) atoms. The number of benzene rings is 1. The average molecular weight is 380 g/mol. The van der Waals surface area contributed by atoms with Crippen molar-refractivity contribution in [2.24, 2.45) is 0 Å². The van der Waals surface area contributed by atoms with Gasteiger partial charge in [-0.25, -0.2) is 9.59 Å². The molecule has 0 saturated heterocycles. The smallest absolute Gasteiger partial charge is 0.408 e. The molecule has 1 aromatic carbocycles. The summed E-state index contributed by atoms with van der Waals surface area (Å²) in [7, 11) is 1.23. The number of amides is 2. The van der Waals surface area contributed by atoms with Crippen LogP contribution >= 0.6 is 0 Å². The molecule has 0 bridgehead atoms. The third-order valence-electron chi connectivity index (χ3n) is 3.32. The Hall–Kier alpha value is -2.61. The summed E-state index contributed by atoms with van der Waals surface area (Å²) in [6, 6.07) is 7.51. The molecule has 1 rings (SSSR count). The number of nitrogens with one attached hydrogen (secondary N) is 2. The first-order chi connectivity index (χ1) is 12.6.